The number of hydrogen-bond donors (Lipinski definition) is 1. The van der Waals surface area contributed by atoms with Crippen LogP contribution in [0, 0.1) is 17.2 Å². The van der Waals surface area contributed by atoms with Gasteiger partial charge < -0.3 is 5.32 Å². The predicted octanol–water partition coefficient (Wildman–Crippen LogP) is 2.64. The maximum absolute atomic E-state index is 8.70. The fraction of sp³-hybridized carbons (Fsp3) is 0.462. The van der Waals surface area contributed by atoms with Crippen molar-refractivity contribution in [1.82, 2.24) is 5.32 Å². The Bertz CT molecular complexity index is 339. The summed E-state index contributed by atoms with van der Waals surface area (Å²) in [6.07, 6.45) is 2.93. The van der Waals surface area contributed by atoms with Crippen molar-refractivity contribution in [2.45, 2.75) is 25.3 Å². The molecule has 0 spiro atoms. The average Bonchev–Trinajstić information content (AvgIpc) is 2.31. The van der Waals surface area contributed by atoms with Crippen LogP contribution in [0.2, 0.25) is 0 Å². The van der Waals surface area contributed by atoms with Crippen LogP contribution in [-0.4, -0.2) is 6.54 Å². The minimum absolute atomic E-state index is 0.443. The van der Waals surface area contributed by atoms with Gasteiger partial charge in [0.25, 0.3) is 0 Å². The van der Waals surface area contributed by atoms with Gasteiger partial charge in [-0.3, -0.25) is 0 Å². The Morgan fingerprint density at radius 3 is 2.87 bits per heavy atom. The molecule has 0 aromatic heterocycles. The minimum atomic E-state index is 0.443. The van der Waals surface area contributed by atoms with Crippen LogP contribution in [0.1, 0.15) is 30.9 Å². The summed E-state index contributed by atoms with van der Waals surface area (Å²) in [4.78, 5) is 0. The summed E-state index contributed by atoms with van der Waals surface area (Å²) in [6.45, 7) is 1.03. The highest BCUT2D eigenvalue weighted by Crippen LogP contribution is 2.28. The van der Waals surface area contributed by atoms with Crippen molar-refractivity contribution in [2.24, 2.45) is 5.92 Å². The Hall–Kier alpha value is -1.33. The van der Waals surface area contributed by atoms with Gasteiger partial charge in [0.2, 0.25) is 0 Å². The molecule has 0 amide bonds. The Balaban J connectivity index is 2.02. The van der Waals surface area contributed by atoms with Gasteiger partial charge in [-0.2, -0.15) is 5.26 Å². The highest BCUT2D eigenvalue weighted by Gasteiger charge is 2.21. The average molecular weight is 200 g/mol. The van der Waals surface area contributed by atoms with E-state index in [4.69, 9.17) is 5.26 Å². The molecule has 2 atom stereocenters. The second-order valence-electron chi connectivity index (χ2n) is 4.17. The lowest BCUT2D eigenvalue weighted by Crippen LogP contribution is -2.31. The first kappa shape index (κ1) is 10.2. The third kappa shape index (κ3) is 2.57. The molecule has 78 valence electrons. The van der Waals surface area contributed by atoms with E-state index in [0.29, 0.717) is 18.4 Å². The SMILES string of the molecule is N#CC[C@@H]1CCN[C@@H](c2ccccc2)C1. The van der Waals surface area contributed by atoms with Crippen LogP contribution in [0.5, 0.6) is 0 Å². The van der Waals surface area contributed by atoms with Gasteiger partial charge in [-0.05, 0) is 30.9 Å². The molecule has 0 bridgehead atoms. The molecule has 0 saturated carbocycles. The van der Waals surface area contributed by atoms with Crippen LogP contribution < -0.4 is 5.32 Å². The van der Waals surface area contributed by atoms with Crippen molar-refractivity contribution >= 4 is 0 Å². The van der Waals surface area contributed by atoms with Crippen LogP contribution in [0.4, 0.5) is 0 Å². The Labute approximate surface area is 90.9 Å². The van der Waals surface area contributed by atoms with Gasteiger partial charge in [0.15, 0.2) is 0 Å². The van der Waals surface area contributed by atoms with E-state index >= 15 is 0 Å². The first-order valence-electron chi connectivity index (χ1n) is 5.55. The van der Waals surface area contributed by atoms with Crippen LogP contribution in [0.25, 0.3) is 0 Å². The van der Waals surface area contributed by atoms with E-state index in [1.807, 2.05) is 6.07 Å². The van der Waals surface area contributed by atoms with Crippen molar-refractivity contribution < 1.29 is 0 Å². The van der Waals surface area contributed by atoms with Gasteiger partial charge >= 0.3 is 0 Å². The summed E-state index contributed by atoms with van der Waals surface area (Å²) < 4.78 is 0. The first-order chi connectivity index (χ1) is 7.40. The molecule has 0 unspecified atom stereocenters. The van der Waals surface area contributed by atoms with Crippen molar-refractivity contribution in [1.29, 1.82) is 5.26 Å². The summed E-state index contributed by atoms with van der Waals surface area (Å²) in [6, 6.07) is 13.2. The number of nitrogens with one attached hydrogen (secondary N) is 1. The van der Waals surface area contributed by atoms with Crippen LogP contribution >= 0.6 is 0 Å². The molecular formula is C13H16N2. The number of piperidine rings is 1. The number of hydrogen-bond acceptors (Lipinski definition) is 2. The van der Waals surface area contributed by atoms with Gasteiger partial charge in [0, 0.05) is 12.5 Å². The highest BCUT2D eigenvalue weighted by molar-refractivity contribution is 5.19. The van der Waals surface area contributed by atoms with Crippen molar-refractivity contribution in [3.8, 4) is 6.07 Å². The maximum Gasteiger partial charge on any atom is 0.0624 e. The minimum Gasteiger partial charge on any atom is -0.310 e. The number of nitrogens with zero attached hydrogens (tertiary/aromatic N) is 1. The standard InChI is InChI=1S/C13H16N2/c14-8-6-11-7-9-15-13(10-11)12-4-2-1-3-5-12/h1-5,11,13,15H,6-7,9-10H2/t11-,13-/m1/s1. The zero-order valence-corrected chi connectivity index (χ0v) is 8.82. The lowest BCUT2D eigenvalue weighted by Gasteiger charge is -2.29. The Kier molecular flexibility index (Phi) is 3.37. The van der Waals surface area contributed by atoms with Crippen molar-refractivity contribution in [3.63, 3.8) is 0 Å². The fourth-order valence-electron chi connectivity index (χ4n) is 2.25. The zero-order valence-electron chi connectivity index (χ0n) is 8.82. The normalized spacial score (nSPS) is 25.8. The molecule has 1 heterocycles. The molecule has 0 aliphatic carbocycles. The number of rotatable bonds is 2. The van der Waals surface area contributed by atoms with E-state index in [1.165, 1.54) is 5.56 Å². The molecule has 1 aromatic rings. The number of nitriles is 1. The van der Waals surface area contributed by atoms with E-state index in [-0.39, 0.29) is 0 Å². The lowest BCUT2D eigenvalue weighted by molar-refractivity contribution is 0.310. The molecule has 1 aromatic carbocycles. The van der Waals surface area contributed by atoms with Gasteiger partial charge in [-0.1, -0.05) is 30.3 Å². The third-order valence-electron chi connectivity index (χ3n) is 3.09. The smallest absolute Gasteiger partial charge is 0.0624 e. The second-order valence-corrected chi connectivity index (χ2v) is 4.17. The summed E-state index contributed by atoms with van der Waals surface area (Å²) in [7, 11) is 0. The Morgan fingerprint density at radius 2 is 2.13 bits per heavy atom. The van der Waals surface area contributed by atoms with E-state index < -0.39 is 0 Å². The van der Waals surface area contributed by atoms with Crippen molar-refractivity contribution in [2.75, 3.05) is 6.54 Å². The molecule has 1 fully saturated rings. The lowest BCUT2D eigenvalue weighted by atomic mass is 9.87. The quantitative estimate of drug-likeness (QED) is 0.796. The van der Waals surface area contributed by atoms with Gasteiger partial charge in [-0.25, -0.2) is 0 Å². The van der Waals surface area contributed by atoms with Crippen LogP contribution in [0.15, 0.2) is 30.3 Å². The van der Waals surface area contributed by atoms with E-state index in [0.717, 1.165) is 19.4 Å². The first-order valence-corrected chi connectivity index (χ1v) is 5.55. The van der Waals surface area contributed by atoms with Gasteiger partial charge in [0.1, 0.15) is 0 Å². The Morgan fingerprint density at radius 1 is 1.33 bits per heavy atom. The predicted molar refractivity (Wildman–Crippen MR) is 60.1 cm³/mol. The van der Waals surface area contributed by atoms with Crippen LogP contribution in [0.3, 0.4) is 0 Å². The largest absolute Gasteiger partial charge is 0.310 e. The topological polar surface area (TPSA) is 35.8 Å². The van der Waals surface area contributed by atoms with Crippen LogP contribution in [-0.2, 0) is 0 Å². The molecule has 2 rings (SSSR count). The highest BCUT2D eigenvalue weighted by atomic mass is 14.9. The summed E-state index contributed by atoms with van der Waals surface area (Å²) in [5, 5.41) is 12.2. The summed E-state index contributed by atoms with van der Waals surface area (Å²) >= 11 is 0. The summed E-state index contributed by atoms with van der Waals surface area (Å²) in [5.41, 5.74) is 1.35. The molecule has 15 heavy (non-hydrogen) atoms. The molecule has 0 radical (unpaired) electrons. The molecule has 1 N–H and O–H groups in total. The molecule has 1 aliphatic heterocycles. The molecular weight excluding hydrogens is 184 g/mol. The zero-order chi connectivity index (χ0) is 10.5. The molecule has 2 nitrogen and oxygen atoms in total. The maximum atomic E-state index is 8.70. The second kappa shape index (κ2) is 4.95. The van der Waals surface area contributed by atoms with Crippen molar-refractivity contribution in [3.05, 3.63) is 35.9 Å². The fourth-order valence-corrected chi connectivity index (χ4v) is 2.25. The van der Waals surface area contributed by atoms with E-state index in [9.17, 15) is 0 Å². The monoisotopic (exact) mass is 200 g/mol. The molecule has 1 saturated heterocycles. The van der Waals surface area contributed by atoms with E-state index in [2.05, 4.69) is 35.7 Å². The van der Waals surface area contributed by atoms with E-state index in [1.54, 1.807) is 0 Å². The summed E-state index contributed by atoms with van der Waals surface area (Å²) in [5.74, 6) is 0.571. The van der Waals surface area contributed by atoms with Gasteiger partial charge in [-0.15, -0.1) is 0 Å². The molecule has 2 heteroatoms. The third-order valence-corrected chi connectivity index (χ3v) is 3.09. The van der Waals surface area contributed by atoms with Gasteiger partial charge in [0.05, 0.1) is 6.07 Å². The number of benzene rings is 1. The molecule has 1 aliphatic rings.